The number of benzene rings is 2. The summed E-state index contributed by atoms with van der Waals surface area (Å²) in [6.07, 6.45) is 3.53. The lowest BCUT2D eigenvalue weighted by molar-refractivity contribution is -0.136. The van der Waals surface area contributed by atoms with Crippen molar-refractivity contribution in [3.8, 4) is 0 Å². The van der Waals surface area contributed by atoms with Gasteiger partial charge in [0.25, 0.3) is 0 Å². The zero-order chi connectivity index (χ0) is 19.4. The minimum absolute atomic E-state index is 0.00717. The number of carboxylic acid groups (broad SMARTS) is 1. The maximum absolute atomic E-state index is 12.6. The summed E-state index contributed by atoms with van der Waals surface area (Å²) in [6.45, 7) is 0. The van der Waals surface area contributed by atoms with Gasteiger partial charge in [0, 0.05) is 11.1 Å². The number of halogens is 1. The zero-order valence-corrected chi connectivity index (χ0v) is 16.3. The van der Waals surface area contributed by atoms with Gasteiger partial charge in [-0.2, -0.15) is 0 Å². The summed E-state index contributed by atoms with van der Waals surface area (Å²) in [5, 5.41) is 9.34. The summed E-state index contributed by atoms with van der Waals surface area (Å²) in [4.78, 5) is 11.0. The van der Waals surface area contributed by atoms with Crippen LogP contribution in [-0.4, -0.2) is 25.5 Å². The Hall–Kier alpha value is -1.89. The van der Waals surface area contributed by atoms with Gasteiger partial charge in [-0.05, 0) is 60.6 Å². The fourth-order valence-corrected chi connectivity index (χ4v) is 5.05. The number of aliphatic carboxylic acids is 1. The van der Waals surface area contributed by atoms with E-state index in [9.17, 15) is 13.2 Å². The van der Waals surface area contributed by atoms with Gasteiger partial charge in [-0.25, -0.2) is 13.1 Å². The Kier molecular flexibility index (Phi) is 6.19. The Bertz CT molecular complexity index is 895. The third-order valence-electron chi connectivity index (χ3n) is 4.97. The lowest BCUT2D eigenvalue weighted by Gasteiger charge is -2.21. The fourth-order valence-electron chi connectivity index (χ4n) is 3.59. The van der Waals surface area contributed by atoms with Crippen LogP contribution in [-0.2, 0) is 27.7 Å². The van der Waals surface area contributed by atoms with E-state index in [4.69, 9.17) is 16.7 Å². The van der Waals surface area contributed by atoms with E-state index in [1.165, 1.54) is 12.1 Å². The molecular formula is C20H22ClNO4S. The first-order valence-electron chi connectivity index (χ1n) is 8.91. The highest BCUT2D eigenvalue weighted by Gasteiger charge is 2.31. The predicted molar refractivity (Wildman–Crippen MR) is 104 cm³/mol. The molecule has 7 heteroatoms. The third kappa shape index (κ3) is 5.31. The minimum atomic E-state index is -3.58. The van der Waals surface area contributed by atoms with Crippen LogP contribution in [0.3, 0.4) is 0 Å². The van der Waals surface area contributed by atoms with Crippen molar-refractivity contribution >= 4 is 27.6 Å². The van der Waals surface area contributed by atoms with Crippen molar-refractivity contribution in [1.82, 2.24) is 4.72 Å². The summed E-state index contributed by atoms with van der Waals surface area (Å²) in [5.74, 6) is -0.632. The van der Waals surface area contributed by atoms with Crippen molar-refractivity contribution in [2.75, 3.05) is 0 Å². The van der Waals surface area contributed by atoms with Crippen molar-refractivity contribution < 1.29 is 18.3 Å². The molecule has 27 heavy (non-hydrogen) atoms. The quantitative estimate of drug-likeness (QED) is 0.733. The molecule has 1 aliphatic rings. The maximum atomic E-state index is 12.6. The lowest BCUT2D eigenvalue weighted by Crippen LogP contribution is -2.38. The topological polar surface area (TPSA) is 83.5 Å². The van der Waals surface area contributed by atoms with Crippen molar-refractivity contribution in [1.29, 1.82) is 0 Å². The van der Waals surface area contributed by atoms with Crippen molar-refractivity contribution in [2.24, 2.45) is 5.92 Å². The average Bonchev–Trinajstić information content (AvgIpc) is 3.02. The van der Waals surface area contributed by atoms with Crippen LogP contribution in [0.15, 0.2) is 53.4 Å². The van der Waals surface area contributed by atoms with Gasteiger partial charge in [-0.15, -0.1) is 0 Å². The molecule has 3 rings (SSSR count). The van der Waals surface area contributed by atoms with E-state index in [1.54, 1.807) is 12.1 Å². The van der Waals surface area contributed by atoms with Gasteiger partial charge >= 0.3 is 5.97 Å². The molecule has 0 amide bonds. The van der Waals surface area contributed by atoms with Crippen LogP contribution >= 0.6 is 11.6 Å². The van der Waals surface area contributed by atoms with Crippen LogP contribution in [0, 0.1) is 5.92 Å². The molecule has 0 aromatic heterocycles. The highest BCUT2D eigenvalue weighted by atomic mass is 35.5. The van der Waals surface area contributed by atoms with Gasteiger partial charge in [0.1, 0.15) is 0 Å². The molecule has 2 N–H and O–H groups in total. The molecule has 0 aliphatic heterocycles. The molecule has 2 atom stereocenters. The monoisotopic (exact) mass is 407 g/mol. The molecule has 0 radical (unpaired) electrons. The van der Waals surface area contributed by atoms with E-state index < -0.39 is 16.0 Å². The van der Waals surface area contributed by atoms with Crippen molar-refractivity contribution in [2.45, 2.75) is 43.0 Å². The second-order valence-electron chi connectivity index (χ2n) is 6.96. The van der Waals surface area contributed by atoms with Crippen molar-refractivity contribution in [3.05, 3.63) is 64.7 Å². The van der Waals surface area contributed by atoms with E-state index in [0.29, 0.717) is 5.02 Å². The van der Waals surface area contributed by atoms with Gasteiger partial charge in [-0.3, -0.25) is 4.79 Å². The normalized spacial score (nSPS) is 19.9. The molecule has 0 bridgehead atoms. The lowest BCUT2D eigenvalue weighted by atomic mass is 9.94. The number of hydrogen-bond acceptors (Lipinski definition) is 3. The first-order chi connectivity index (χ1) is 12.8. The number of sulfonamides is 1. The molecule has 2 aromatic carbocycles. The molecule has 0 unspecified atom stereocenters. The van der Waals surface area contributed by atoms with Crippen molar-refractivity contribution in [3.63, 3.8) is 0 Å². The molecule has 1 saturated carbocycles. The standard InChI is InChI=1S/C20H22ClNO4S/c21-17-8-10-18(11-9-17)27(25,26)22-19-3-1-2-16(19)12-14-4-6-15(7-5-14)13-20(23)24/h4-11,16,19,22H,1-3,12-13H2,(H,23,24)/t16-,19-/m0/s1. The summed E-state index contributed by atoms with van der Waals surface area (Å²) >= 11 is 5.84. The van der Waals surface area contributed by atoms with E-state index in [0.717, 1.165) is 36.8 Å². The van der Waals surface area contributed by atoms with E-state index in [2.05, 4.69) is 4.72 Å². The minimum Gasteiger partial charge on any atom is -0.481 e. The van der Waals surface area contributed by atoms with E-state index in [-0.39, 0.29) is 23.3 Å². The number of carboxylic acids is 1. The van der Waals surface area contributed by atoms with Gasteiger partial charge in [0.05, 0.1) is 11.3 Å². The highest BCUT2D eigenvalue weighted by Crippen LogP contribution is 2.30. The smallest absolute Gasteiger partial charge is 0.307 e. The molecule has 2 aromatic rings. The van der Waals surface area contributed by atoms with Crippen LogP contribution in [0.25, 0.3) is 0 Å². The molecular weight excluding hydrogens is 386 g/mol. The van der Waals surface area contributed by atoms with Crippen LogP contribution in [0.5, 0.6) is 0 Å². The maximum Gasteiger partial charge on any atom is 0.307 e. The van der Waals surface area contributed by atoms with Crippen LogP contribution < -0.4 is 4.72 Å². The van der Waals surface area contributed by atoms with Gasteiger partial charge < -0.3 is 5.11 Å². The second kappa shape index (κ2) is 8.42. The number of hydrogen-bond donors (Lipinski definition) is 2. The first kappa shape index (κ1) is 19.9. The van der Waals surface area contributed by atoms with E-state index in [1.807, 2.05) is 24.3 Å². The molecule has 0 spiro atoms. The number of nitrogens with one attached hydrogen (secondary N) is 1. The van der Waals surface area contributed by atoms with Crippen LogP contribution in [0.4, 0.5) is 0 Å². The van der Waals surface area contributed by atoms with Gasteiger partial charge in [-0.1, -0.05) is 42.3 Å². The molecule has 0 saturated heterocycles. The molecule has 1 aliphatic carbocycles. The van der Waals surface area contributed by atoms with Crippen LogP contribution in [0.2, 0.25) is 5.02 Å². The fraction of sp³-hybridized carbons (Fsp3) is 0.350. The number of rotatable bonds is 7. The summed E-state index contributed by atoms with van der Waals surface area (Å²) in [7, 11) is -3.58. The van der Waals surface area contributed by atoms with Gasteiger partial charge in [0.15, 0.2) is 0 Å². The number of carbonyl (C=O) groups is 1. The molecule has 0 heterocycles. The Labute approximate surface area is 164 Å². The molecule has 5 nitrogen and oxygen atoms in total. The predicted octanol–water partition coefficient (Wildman–Crippen LogP) is 3.66. The average molecular weight is 408 g/mol. The zero-order valence-electron chi connectivity index (χ0n) is 14.8. The molecule has 1 fully saturated rings. The summed E-state index contributed by atoms with van der Waals surface area (Å²) in [6, 6.07) is 13.6. The Morgan fingerprint density at radius 2 is 1.67 bits per heavy atom. The Morgan fingerprint density at radius 3 is 2.30 bits per heavy atom. The highest BCUT2D eigenvalue weighted by molar-refractivity contribution is 7.89. The molecule has 144 valence electrons. The van der Waals surface area contributed by atoms with E-state index >= 15 is 0 Å². The largest absolute Gasteiger partial charge is 0.481 e. The Morgan fingerprint density at radius 1 is 1.04 bits per heavy atom. The summed E-state index contributed by atoms with van der Waals surface area (Å²) in [5.41, 5.74) is 1.85. The third-order valence-corrected chi connectivity index (χ3v) is 6.72. The SMILES string of the molecule is O=C(O)Cc1ccc(C[C@@H]2CCC[C@@H]2NS(=O)(=O)c2ccc(Cl)cc2)cc1. The van der Waals surface area contributed by atoms with Crippen LogP contribution in [0.1, 0.15) is 30.4 Å². The summed E-state index contributed by atoms with van der Waals surface area (Å²) < 4.78 is 28.1. The van der Waals surface area contributed by atoms with Gasteiger partial charge in [0.2, 0.25) is 10.0 Å². The Balaban J connectivity index is 1.66. The second-order valence-corrected chi connectivity index (χ2v) is 9.11. The first-order valence-corrected chi connectivity index (χ1v) is 10.8.